The van der Waals surface area contributed by atoms with E-state index >= 15 is 0 Å². The van der Waals surface area contributed by atoms with E-state index in [0.717, 1.165) is 11.0 Å². The van der Waals surface area contributed by atoms with Crippen molar-refractivity contribution in [1.29, 1.82) is 0 Å². The summed E-state index contributed by atoms with van der Waals surface area (Å²) in [6.45, 7) is 1.93. The molecule has 0 aliphatic rings. The number of primary amides is 1. The highest BCUT2D eigenvalue weighted by molar-refractivity contribution is 8.00. The molecule has 0 fully saturated rings. The van der Waals surface area contributed by atoms with Crippen molar-refractivity contribution in [1.82, 2.24) is 9.97 Å². The highest BCUT2D eigenvalue weighted by atomic mass is 32.2. The normalized spacial score (nSPS) is 12.0. The zero-order chi connectivity index (χ0) is 17.8. The first-order chi connectivity index (χ1) is 12.1. The van der Waals surface area contributed by atoms with Gasteiger partial charge in [0.1, 0.15) is 0 Å². The van der Waals surface area contributed by atoms with E-state index in [1.165, 1.54) is 11.8 Å². The maximum absolute atomic E-state index is 12.6. The molecule has 25 heavy (non-hydrogen) atoms. The zero-order valence-electron chi connectivity index (χ0n) is 13.7. The van der Waals surface area contributed by atoms with Crippen molar-refractivity contribution in [2.24, 2.45) is 5.73 Å². The summed E-state index contributed by atoms with van der Waals surface area (Å²) in [4.78, 5) is 31.8. The Hall–Kier alpha value is -2.80. The van der Waals surface area contributed by atoms with Crippen molar-refractivity contribution in [2.75, 3.05) is 5.32 Å². The third-order valence-corrected chi connectivity index (χ3v) is 4.98. The summed E-state index contributed by atoms with van der Waals surface area (Å²) in [5.74, 6) is -0.768. The summed E-state index contributed by atoms with van der Waals surface area (Å²) < 4.78 is 0. The van der Waals surface area contributed by atoms with Crippen LogP contribution in [-0.4, -0.2) is 27.0 Å². The summed E-state index contributed by atoms with van der Waals surface area (Å²) >= 11 is 1.36. The lowest BCUT2D eigenvalue weighted by atomic mass is 10.1. The molecule has 3 aromatic rings. The molecule has 2 amide bonds. The van der Waals surface area contributed by atoms with Crippen molar-refractivity contribution in [3.05, 3.63) is 54.1 Å². The van der Waals surface area contributed by atoms with Gasteiger partial charge < -0.3 is 16.0 Å². The molecule has 0 saturated carbocycles. The van der Waals surface area contributed by atoms with Crippen LogP contribution in [0.25, 0.3) is 11.0 Å². The second-order valence-electron chi connectivity index (χ2n) is 5.47. The average molecular weight is 354 g/mol. The second-order valence-corrected chi connectivity index (χ2v) is 6.66. The van der Waals surface area contributed by atoms with Crippen LogP contribution >= 0.6 is 11.8 Å². The fraction of sp³-hybridized carbons (Fsp3) is 0.167. The Morgan fingerprint density at radius 3 is 2.64 bits per heavy atom. The molecule has 2 aromatic carbocycles. The molecule has 0 aliphatic carbocycles. The molecule has 0 radical (unpaired) electrons. The number of para-hydroxylation sites is 3. The SMILES string of the molecule is CCC(Sc1nc2ccccc2[nH]1)C(=O)Nc1ccccc1C(N)=O. The molecule has 7 heteroatoms. The van der Waals surface area contributed by atoms with E-state index in [1.807, 2.05) is 31.2 Å². The van der Waals surface area contributed by atoms with Crippen LogP contribution in [0.15, 0.2) is 53.7 Å². The van der Waals surface area contributed by atoms with Crippen LogP contribution in [0.4, 0.5) is 5.69 Å². The van der Waals surface area contributed by atoms with E-state index in [2.05, 4.69) is 15.3 Å². The van der Waals surface area contributed by atoms with Crippen molar-refractivity contribution >= 4 is 40.3 Å². The van der Waals surface area contributed by atoms with Gasteiger partial charge in [-0.05, 0) is 30.7 Å². The Morgan fingerprint density at radius 1 is 1.20 bits per heavy atom. The summed E-state index contributed by atoms with van der Waals surface area (Å²) in [7, 11) is 0. The zero-order valence-corrected chi connectivity index (χ0v) is 14.5. The van der Waals surface area contributed by atoms with E-state index in [0.29, 0.717) is 22.8 Å². The maximum Gasteiger partial charge on any atom is 0.250 e. The number of thioether (sulfide) groups is 1. The Bertz CT molecular complexity index is 889. The third-order valence-electron chi connectivity index (χ3n) is 3.74. The Balaban J connectivity index is 1.76. The number of anilines is 1. The van der Waals surface area contributed by atoms with Crippen LogP contribution in [0.3, 0.4) is 0 Å². The average Bonchev–Trinajstić information content (AvgIpc) is 3.02. The van der Waals surface area contributed by atoms with Gasteiger partial charge in [0.05, 0.1) is 27.5 Å². The number of aromatic amines is 1. The maximum atomic E-state index is 12.6. The van der Waals surface area contributed by atoms with Gasteiger partial charge >= 0.3 is 0 Å². The van der Waals surface area contributed by atoms with Crippen molar-refractivity contribution in [3.63, 3.8) is 0 Å². The van der Waals surface area contributed by atoms with E-state index in [-0.39, 0.29) is 11.2 Å². The number of hydrogen-bond acceptors (Lipinski definition) is 4. The first-order valence-electron chi connectivity index (χ1n) is 7.89. The molecule has 1 heterocycles. The van der Waals surface area contributed by atoms with Gasteiger partial charge in [-0.25, -0.2) is 4.98 Å². The molecule has 1 atom stereocenters. The number of fused-ring (bicyclic) bond motifs is 1. The van der Waals surface area contributed by atoms with Crippen molar-refractivity contribution in [2.45, 2.75) is 23.8 Å². The van der Waals surface area contributed by atoms with Gasteiger partial charge in [0.25, 0.3) is 5.91 Å². The minimum atomic E-state index is -0.575. The van der Waals surface area contributed by atoms with Crippen LogP contribution in [0.2, 0.25) is 0 Å². The summed E-state index contributed by atoms with van der Waals surface area (Å²) in [6.07, 6.45) is 0.617. The van der Waals surface area contributed by atoms with Crippen LogP contribution in [-0.2, 0) is 4.79 Å². The number of carbonyl (C=O) groups is 2. The molecule has 128 valence electrons. The number of rotatable bonds is 6. The Labute approximate surface area is 149 Å². The van der Waals surface area contributed by atoms with Gasteiger partial charge in [0, 0.05) is 0 Å². The van der Waals surface area contributed by atoms with Gasteiger partial charge in [-0.3, -0.25) is 9.59 Å². The molecule has 0 saturated heterocycles. The van der Waals surface area contributed by atoms with Gasteiger partial charge in [0.2, 0.25) is 5.91 Å². The highest BCUT2D eigenvalue weighted by Gasteiger charge is 2.21. The summed E-state index contributed by atoms with van der Waals surface area (Å²) in [5, 5.41) is 3.14. The molecule has 0 spiro atoms. The molecule has 6 nitrogen and oxygen atoms in total. The second kappa shape index (κ2) is 7.40. The van der Waals surface area contributed by atoms with Gasteiger partial charge in [-0.1, -0.05) is 43.0 Å². The van der Waals surface area contributed by atoms with E-state index < -0.39 is 5.91 Å². The highest BCUT2D eigenvalue weighted by Crippen LogP contribution is 2.26. The molecule has 3 rings (SSSR count). The molecular weight excluding hydrogens is 336 g/mol. The molecule has 1 aromatic heterocycles. The monoisotopic (exact) mass is 354 g/mol. The van der Waals surface area contributed by atoms with Crippen molar-refractivity contribution in [3.8, 4) is 0 Å². The third kappa shape index (κ3) is 3.83. The van der Waals surface area contributed by atoms with Gasteiger partial charge in [-0.15, -0.1) is 0 Å². The number of aromatic nitrogens is 2. The van der Waals surface area contributed by atoms with Crippen LogP contribution < -0.4 is 11.1 Å². The molecule has 4 N–H and O–H groups in total. The fourth-order valence-corrected chi connectivity index (χ4v) is 3.38. The molecule has 0 bridgehead atoms. The van der Waals surface area contributed by atoms with Gasteiger partial charge in [0.15, 0.2) is 5.16 Å². The minimum absolute atomic E-state index is 0.193. The topological polar surface area (TPSA) is 101 Å². The van der Waals surface area contributed by atoms with Crippen LogP contribution in [0.1, 0.15) is 23.7 Å². The number of nitrogens with two attached hydrogens (primary N) is 1. The quantitative estimate of drug-likeness (QED) is 0.592. The molecule has 0 aliphatic heterocycles. The number of nitrogens with zero attached hydrogens (tertiary/aromatic N) is 1. The lowest BCUT2D eigenvalue weighted by Gasteiger charge is -2.14. The molecule has 1 unspecified atom stereocenters. The largest absolute Gasteiger partial charge is 0.366 e. The number of H-pyrrole nitrogens is 1. The smallest absolute Gasteiger partial charge is 0.250 e. The summed E-state index contributed by atoms with van der Waals surface area (Å²) in [5.41, 5.74) is 7.86. The first-order valence-corrected chi connectivity index (χ1v) is 8.77. The van der Waals surface area contributed by atoms with Crippen LogP contribution in [0.5, 0.6) is 0 Å². The number of nitrogens with one attached hydrogen (secondary N) is 2. The van der Waals surface area contributed by atoms with E-state index in [1.54, 1.807) is 24.3 Å². The number of imidazole rings is 1. The Morgan fingerprint density at radius 2 is 1.92 bits per heavy atom. The first kappa shape index (κ1) is 17.0. The van der Waals surface area contributed by atoms with E-state index in [4.69, 9.17) is 5.73 Å². The lowest BCUT2D eigenvalue weighted by Crippen LogP contribution is -2.26. The van der Waals surface area contributed by atoms with Crippen LogP contribution in [0, 0.1) is 0 Å². The van der Waals surface area contributed by atoms with Gasteiger partial charge in [-0.2, -0.15) is 0 Å². The number of amides is 2. The fourth-order valence-electron chi connectivity index (χ4n) is 2.46. The standard InChI is InChI=1S/C18H18N4O2S/c1-2-15(25-18-21-13-9-5-6-10-14(13)22-18)17(24)20-12-8-4-3-7-11(12)16(19)23/h3-10,15H,2H2,1H3,(H2,19,23)(H,20,24)(H,21,22). The van der Waals surface area contributed by atoms with E-state index in [9.17, 15) is 9.59 Å². The number of hydrogen-bond donors (Lipinski definition) is 3. The number of benzene rings is 2. The lowest BCUT2D eigenvalue weighted by molar-refractivity contribution is -0.115. The number of carbonyl (C=O) groups excluding carboxylic acids is 2. The minimum Gasteiger partial charge on any atom is -0.366 e. The van der Waals surface area contributed by atoms with Crippen molar-refractivity contribution < 1.29 is 9.59 Å². The molecular formula is C18H18N4O2S. The predicted octanol–water partition coefficient (Wildman–Crippen LogP) is 3.17. The Kier molecular flexibility index (Phi) is 5.04. The summed E-state index contributed by atoms with van der Waals surface area (Å²) in [6, 6.07) is 14.4. The predicted molar refractivity (Wildman–Crippen MR) is 99.6 cm³/mol.